The molecular formula is C17H27N3O3S3. The molecule has 1 unspecified atom stereocenters. The minimum Gasteiger partial charge on any atom is -0.389 e. The van der Waals surface area contributed by atoms with E-state index in [2.05, 4.69) is 18.8 Å². The summed E-state index contributed by atoms with van der Waals surface area (Å²) in [6.45, 7) is 4.63. The molecule has 2 heterocycles. The zero-order chi connectivity index (χ0) is 19.3. The SMILES string of the molecule is CC(C)Cc1ncc(C(=O)N(C)CC(O)CN(C)C(=O)C2SCCS2)s1. The third kappa shape index (κ3) is 6.14. The van der Waals surface area contributed by atoms with Crippen LogP contribution in [-0.2, 0) is 11.2 Å². The molecule has 26 heavy (non-hydrogen) atoms. The average molecular weight is 418 g/mol. The van der Waals surface area contributed by atoms with E-state index in [1.165, 1.54) is 16.2 Å². The van der Waals surface area contributed by atoms with Gasteiger partial charge in [0, 0.05) is 45.1 Å². The van der Waals surface area contributed by atoms with Crippen molar-refractivity contribution < 1.29 is 14.7 Å². The van der Waals surface area contributed by atoms with E-state index in [1.807, 2.05) is 0 Å². The Balaban J connectivity index is 1.83. The van der Waals surface area contributed by atoms with E-state index >= 15 is 0 Å². The van der Waals surface area contributed by atoms with Gasteiger partial charge in [0.2, 0.25) is 5.91 Å². The number of aliphatic hydroxyl groups is 1. The average Bonchev–Trinajstić information content (AvgIpc) is 3.24. The smallest absolute Gasteiger partial charge is 0.265 e. The first kappa shape index (κ1) is 21.5. The molecule has 2 rings (SSSR count). The van der Waals surface area contributed by atoms with Crippen LogP contribution in [0.15, 0.2) is 6.20 Å². The summed E-state index contributed by atoms with van der Waals surface area (Å²) in [4.78, 5) is 32.7. The summed E-state index contributed by atoms with van der Waals surface area (Å²) < 4.78 is -0.0665. The molecule has 1 aromatic heterocycles. The number of amides is 2. The van der Waals surface area contributed by atoms with Gasteiger partial charge in [0.05, 0.1) is 17.3 Å². The largest absolute Gasteiger partial charge is 0.389 e. The van der Waals surface area contributed by atoms with Gasteiger partial charge in [-0.2, -0.15) is 0 Å². The van der Waals surface area contributed by atoms with Crippen LogP contribution in [0.3, 0.4) is 0 Å². The molecule has 1 N–H and O–H groups in total. The van der Waals surface area contributed by atoms with Gasteiger partial charge in [-0.15, -0.1) is 34.9 Å². The summed E-state index contributed by atoms with van der Waals surface area (Å²) in [6, 6.07) is 0. The maximum atomic E-state index is 12.5. The van der Waals surface area contributed by atoms with E-state index in [4.69, 9.17) is 0 Å². The van der Waals surface area contributed by atoms with Crippen LogP contribution in [0.1, 0.15) is 28.5 Å². The second-order valence-corrected chi connectivity index (χ2v) is 10.7. The fourth-order valence-corrected chi connectivity index (χ4v) is 6.51. The van der Waals surface area contributed by atoms with Crippen molar-refractivity contribution in [1.82, 2.24) is 14.8 Å². The van der Waals surface area contributed by atoms with Crippen molar-refractivity contribution in [1.29, 1.82) is 0 Å². The normalized spacial score (nSPS) is 16.1. The van der Waals surface area contributed by atoms with Gasteiger partial charge >= 0.3 is 0 Å². The molecule has 1 fully saturated rings. The van der Waals surface area contributed by atoms with E-state index < -0.39 is 6.10 Å². The molecule has 0 aromatic carbocycles. The van der Waals surface area contributed by atoms with Gasteiger partial charge in [-0.05, 0) is 5.92 Å². The molecular weight excluding hydrogens is 390 g/mol. The topological polar surface area (TPSA) is 73.7 Å². The first-order chi connectivity index (χ1) is 12.3. The highest BCUT2D eigenvalue weighted by Gasteiger charge is 2.28. The maximum Gasteiger partial charge on any atom is 0.265 e. The number of carbonyl (C=O) groups is 2. The van der Waals surface area contributed by atoms with Crippen LogP contribution in [0.25, 0.3) is 0 Å². The quantitative estimate of drug-likeness (QED) is 0.698. The van der Waals surface area contributed by atoms with Crippen LogP contribution in [0, 0.1) is 5.92 Å². The fraction of sp³-hybridized carbons (Fsp3) is 0.706. The molecule has 9 heteroatoms. The van der Waals surface area contributed by atoms with Crippen molar-refractivity contribution in [2.24, 2.45) is 5.92 Å². The van der Waals surface area contributed by atoms with Crippen molar-refractivity contribution in [2.45, 2.75) is 31.0 Å². The van der Waals surface area contributed by atoms with Gasteiger partial charge in [0.15, 0.2) is 0 Å². The van der Waals surface area contributed by atoms with Crippen molar-refractivity contribution in [3.8, 4) is 0 Å². The summed E-state index contributed by atoms with van der Waals surface area (Å²) >= 11 is 4.70. The predicted octanol–water partition coefficient (Wildman–Crippen LogP) is 2.04. The summed E-state index contributed by atoms with van der Waals surface area (Å²) in [7, 11) is 3.37. The lowest BCUT2D eigenvalue weighted by Crippen LogP contribution is -2.43. The van der Waals surface area contributed by atoms with Gasteiger partial charge in [0.25, 0.3) is 5.91 Å². The lowest BCUT2D eigenvalue weighted by Gasteiger charge is -2.26. The standard InChI is InChI=1S/C17H27N3O3S3/c1-11(2)7-14-18-8-13(26-14)15(22)19(3)9-12(21)10-20(4)16(23)17-24-5-6-25-17/h8,11-12,17,21H,5-7,9-10H2,1-4H3. The molecule has 1 aliphatic rings. The fourth-order valence-electron chi connectivity index (χ4n) is 2.58. The Morgan fingerprint density at radius 3 is 2.46 bits per heavy atom. The van der Waals surface area contributed by atoms with Crippen LogP contribution in [-0.4, -0.2) is 81.1 Å². The molecule has 1 atom stereocenters. The molecule has 0 saturated carbocycles. The maximum absolute atomic E-state index is 12.5. The van der Waals surface area contributed by atoms with Crippen molar-refractivity contribution in [3.05, 3.63) is 16.1 Å². The molecule has 6 nitrogen and oxygen atoms in total. The summed E-state index contributed by atoms with van der Waals surface area (Å²) in [5, 5.41) is 11.2. The number of thioether (sulfide) groups is 2. The van der Waals surface area contributed by atoms with Crippen molar-refractivity contribution in [3.63, 3.8) is 0 Å². The number of thiazole rings is 1. The lowest BCUT2D eigenvalue weighted by molar-refractivity contribution is -0.129. The minimum atomic E-state index is -0.780. The number of carbonyl (C=O) groups excluding carboxylic acids is 2. The predicted molar refractivity (Wildman–Crippen MR) is 110 cm³/mol. The lowest BCUT2D eigenvalue weighted by atomic mass is 10.1. The van der Waals surface area contributed by atoms with Crippen LogP contribution in [0.2, 0.25) is 0 Å². The third-order valence-electron chi connectivity index (χ3n) is 3.86. The van der Waals surface area contributed by atoms with Crippen LogP contribution in [0.4, 0.5) is 0 Å². The summed E-state index contributed by atoms with van der Waals surface area (Å²) in [5.74, 6) is 2.36. The molecule has 0 bridgehead atoms. The highest BCUT2D eigenvalue weighted by Crippen LogP contribution is 2.32. The van der Waals surface area contributed by atoms with Gasteiger partial charge in [-0.1, -0.05) is 13.8 Å². The van der Waals surface area contributed by atoms with Gasteiger partial charge < -0.3 is 14.9 Å². The van der Waals surface area contributed by atoms with E-state index in [9.17, 15) is 14.7 Å². The number of hydrogen-bond donors (Lipinski definition) is 1. The number of likely N-dealkylation sites (N-methyl/N-ethyl adjacent to an activating group) is 2. The molecule has 1 saturated heterocycles. The van der Waals surface area contributed by atoms with Gasteiger partial charge in [0.1, 0.15) is 9.46 Å². The molecule has 0 radical (unpaired) electrons. The first-order valence-corrected chi connectivity index (χ1v) is 11.6. The number of hydrogen-bond acceptors (Lipinski definition) is 7. The Morgan fingerprint density at radius 2 is 1.85 bits per heavy atom. The van der Waals surface area contributed by atoms with Crippen molar-refractivity contribution in [2.75, 3.05) is 38.7 Å². The highest BCUT2D eigenvalue weighted by molar-refractivity contribution is 8.21. The Morgan fingerprint density at radius 1 is 1.23 bits per heavy atom. The van der Waals surface area contributed by atoms with Gasteiger partial charge in [-0.25, -0.2) is 4.98 Å². The zero-order valence-corrected chi connectivity index (χ0v) is 18.1. The molecule has 1 aliphatic heterocycles. The minimum absolute atomic E-state index is 0.0336. The Labute approximate surface area is 167 Å². The zero-order valence-electron chi connectivity index (χ0n) is 15.7. The van der Waals surface area contributed by atoms with E-state index in [0.717, 1.165) is 22.9 Å². The van der Waals surface area contributed by atoms with Crippen LogP contribution in [0.5, 0.6) is 0 Å². The highest BCUT2D eigenvalue weighted by atomic mass is 32.2. The Bertz CT molecular complexity index is 617. The first-order valence-electron chi connectivity index (χ1n) is 8.64. The van der Waals surface area contributed by atoms with Crippen molar-refractivity contribution >= 4 is 46.7 Å². The Kier molecular flexibility index (Phi) is 8.25. The van der Waals surface area contributed by atoms with Gasteiger partial charge in [-0.3, -0.25) is 9.59 Å². The van der Waals surface area contributed by atoms with Crippen LogP contribution < -0.4 is 0 Å². The molecule has 0 spiro atoms. The van der Waals surface area contributed by atoms with E-state index in [-0.39, 0.29) is 29.5 Å². The number of nitrogens with zero attached hydrogens (tertiary/aromatic N) is 3. The monoisotopic (exact) mass is 417 g/mol. The molecule has 2 amide bonds. The molecule has 0 aliphatic carbocycles. The van der Waals surface area contributed by atoms with E-state index in [0.29, 0.717) is 10.8 Å². The molecule has 146 valence electrons. The number of aromatic nitrogens is 1. The number of aliphatic hydroxyl groups excluding tert-OH is 1. The third-order valence-corrected chi connectivity index (χ3v) is 7.83. The second kappa shape index (κ2) is 9.96. The van der Waals surface area contributed by atoms with E-state index in [1.54, 1.807) is 48.7 Å². The molecule has 1 aromatic rings. The summed E-state index contributed by atoms with van der Waals surface area (Å²) in [6.07, 6.45) is 1.68. The Hall–Kier alpha value is -0.770. The van der Waals surface area contributed by atoms with Crippen LogP contribution >= 0.6 is 34.9 Å². The second-order valence-electron chi connectivity index (χ2n) is 6.85. The summed E-state index contributed by atoms with van der Waals surface area (Å²) in [5.41, 5.74) is 0. The number of rotatable bonds is 8.